The Morgan fingerprint density at radius 2 is 2.38 bits per heavy atom. The van der Waals surface area contributed by atoms with Crippen molar-refractivity contribution < 1.29 is 19.4 Å². The van der Waals surface area contributed by atoms with Crippen LogP contribution < -0.4 is 5.32 Å². The maximum Gasteiger partial charge on any atom is 0.326 e. The SMILES string of the molecule is CNC(C)(COCC1CCCCO1)C(=O)O. The van der Waals surface area contributed by atoms with Gasteiger partial charge in [0, 0.05) is 6.61 Å². The number of ether oxygens (including phenoxy) is 2. The predicted octanol–water partition coefficient (Wildman–Crippen LogP) is 0.635. The Labute approximate surface area is 96.1 Å². The molecule has 0 saturated carbocycles. The van der Waals surface area contributed by atoms with Gasteiger partial charge in [-0.2, -0.15) is 0 Å². The monoisotopic (exact) mass is 231 g/mol. The summed E-state index contributed by atoms with van der Waals surface area (Å²) in [5, 5.41) is 11.7. The van der Waals surface area contributed by atoms with E-state index in [2.05, 4.69) is 5.32 Å². The van der Waals surface area contributed by atoms with E-state index in [1.54, 1.807) is 14.0 Å². The number of carboxylic acids is 1. The molecule has 16 heavy (non-hydrogen) atoms. The summed E-state index contributed by atoms with van der Waals surface area (Å²) < 4.78 is 10.9. The van der Waals surface area contributed by atoms with Crippen LogP contribution in [0.1, 0.15) is 26.2 Å². The first kappa shape index (κ1) is 13.4. The molecule has 1 fully saturated rings. The molecule has 0 amide bonds. The third kappa shape index (κ3) is 3.73. The number of hydrogen-bond donors (Lipinski definition) is 2. The van der Waals surface area contributed by atoms with Crippen molar-refractivity contribution in [1.29, 1.82) is 0 Å². The zero-order valence-corrected chi connectivity index (χ0v) is 9.99. The minimum Gasteiger partial charge on any atom is -0.480 e. The van der Waals surface area contributed by atoms with Crippen LogP contribution in [0.2, 0.25) is 0 Å². The summed E-state index contributed by atoms with van der Waals surface area (Å²) in [6.07, 6.45) is 3.41. The molecule has 2 unspecified atom stereocenters. The predicted molar refractivity (Wildman–Crippen MR) is 59.5 cm³/mol. The second-order valence-corrected chi connectivity index (χ2v) is 4.39. The molecule has 0 radical (unpaired) electrons. The summed E-state index contributed by atoms with van der Waals surface area (Å²) >= 11 is 0. The molecular weight excluding hydrogens is 210 g/mol. The fourth-order valence-corrected chi connectivity index (χ4v) is 1.57. The van der Waals surface area contributed by atoms with Gasteiger partial charge in [0.05, 0.1) is 19.3 Å². The fourth-order valence-electron chi connectivity index (χ4n) is 1.57. The van der Waals surface area contributed by atoms with Gasteiger partial charge >= 0.3 is 5.97 Å². The summed E-state index contributed by atoms with van der Waals surface area (Å²) in [6.45, 7) is 3.02. The van der Waals surface area contributed by atoms with E-state index >= 15 is 0 Å². The molecule has 1 saturated heterocycles. The van der Waals surface area contributed by atoms with Crippen molar-refractivity contribution in [1.82, 2.24) is 5.32 Å². The lowest BCUT2D eigenvalue weighted by molar-refractivity contribution is -0.147. The maximum atomic E-state index is 11.0. The molecule has 1 aliphatic rings. The van der Waals surface area contributed by atoms with Crippen molar-refractivity contribution in [2.45, 2.75) is 37.8 Å². The lowest BCUT2D eigenvalue weighted by Crippen LogP contribution is -2.51. The molecule has 1 heterocycles. The summed E-state index contributed by atoms with van der Waals surface area (Å²) in [5.41, 5.74) is -1.02. The fraction of sp³-hybridized carbons (Fsp3) is 0.909. The molecular formula is C11H21NO4. The molecule has 0 aliphatic carbocycles. The standard InChI is InChI=1S/C11H21NO4/c1-11(12-2,10(13)14)8-15-7-9-5-3-4-6-16-9/h9,12H,3-8H2,1-2H3,(H,13,14). The molecule has 94 valence electrons. The van der Waals surface area contributed by atoms with Crippen molar-refractivity contribution in [3.8, 4) is 0 Å². The smallest absolute Gasteiger partial charge is 0.326 e. The zero-order valence-electron chi connectivity index (χ0n) is 9.99. The van der Waals surface area contributed by atoms with E-state index in [0.29, 0.717) is 6.61 Å². The minimum atomic E-state index is -1.02. The van der Waals surface area contributed by atoms with Crippen molar-refractivity contribution in [3.63, 3.8) is 0 Å². The van der Waals surface area contributed by atoms with Gasteiger partial charge in [-0.15, -0.1) is 0 Å². The van der Waals surface area contributed by atoms with Crippen LogP contribution in [0.15, 0.2) is 0 Å². The lowest BCUT2D eigenvalue weighted by atomic mass is 10.1. The average molecular weight is 231 g/mol. The van der Waals surface area contributed by atoms with Crippen LogP contribution in [0.4, 0.5) is 0 Å². The van der Waals surface area contributed by atoms with E-state index in [1.165, 1.54) is 0 Å². The van der Waals surface area contributed by atoms with Gasteiger partial charge in [0.25, 0.3) is 0 Å². The second kappa shape index (κ2) is 6.18. The van der Waals surface area contributed by atoms with Crippen LogP contribution in [-0.4, -0.2) is 49.6 Å². The molecule has 1 rings (SSSR count). The summed E-state index contributed by atoms with van der Waals surface area (Å²) in [5.74, 6) is -0.903. The first-order chi connectivity index (χ1) is 7.58. The van der Waals surface area contributed by atoms with Gasteiger partial charge in [0.1, 0.15) is 5.54 Å². The second-order valence-electron chi connectivity index (χ2n) is 4.39. The van der Waals surface area contributed by atoms with Crippen LogP contribution in [0.5, 0.6) is 0 Å². The van der Waals surface area contributed by atoms with E-state index in [1.807, 2.05) is 0 Å². The first-order valence-corrected chi connectivity index (χ1v) is 5.70. The molecule has 0 aromatic rings. The maximum absolute atomic E-state index is 11.0. The van der Waals surface area contributed by atoms with Crippen LogP contribution in [0.3, 0.4) is 0 Å². The highest BCUT2D eigenvalue weighted by Crippen LogP contribution is 2.13. The molecule has 0 spiro atoms. The zero-order chi connectivity index (χ0) is 12.0. The van der Waals surface area contributed by atoms with Gasteiger partial charge in [-0.05, 0) is 33.2 Å². The number of nitrogens with one attached hydrogen (secondary N) is 1. The summed E-state index contributed by atoms with van der Waals surface area (Å²) in [6, 6.07) is 0. The minimum absolute atomic E-state index is 0.128. The highest BCUT2D eigenvalue weighted by molar-refractivity contribution is 5.78. The molecule has 2 N–H and O–H groups in total. The first-order valence-electron chi connectivity index (χ1n) is 5.70. The van der Waals surface area contributed by atoms with Gasteiger partial charge < -0.3 is 19.9 Å². The van der Waals surface area contributed by atoms with Gasteiger partial charge in [0.15, 0.2) is 0 Å². The third-order valence-electron chi connectivity index (χ3n) is 2.99. The highest BCUT2D eigenvalue weighted by Gasteiger charge is 2.31. The largest absolute Gasteiger partial charge is 0.480 e. The molecule has 0 bridgehead atoms. The Kier molecular flexibility index (Phi) is 5.18. The van der Waals surface area contributed by atoms with Gasteiger partial charge in [-0.3, -0.25) is 4.79 Å². The normalized spacial score (nSPS) is 25.0. The molecule has 0 aromatic carbocycles. The third-order valence-corrected chi connectivity index (χ3v) is 2.99. The number of aliphatic carboxylic acids is 1. The number of rotatable bonds is 6. The van der Waals surface area contributed by atoms with Gasteiger partial charge in [-0.1, -0.05) is 0 Å². The topological polar surface area (TPSA) is 67.8 Å². The van der Waals surface area contributed by atoms with E-state index in [9.17, 15) is 4.79 Å². The van der Waals surface area contributed by atoms with Gasteiger partial charge in [-0.25, -0.2) is 0 Å². The molecule has 2 atom stereocenters. The van der Waals surface area contributed by atoms with Crippen molar-refractivity contribution in [2.24, 2.45) is 0 Å². The van der Waals surface area contributed by atoms with Crippen LogP contribution in [0, 0.1) is 0 Å². The Hall–Kier alpha value is -0.650. The number of carbonyl (C=O) groups is 1. The van der Waals surface area contributed by atoms with Crippen LogP contribution in [-0.2, 0) is 14.3 Å². The van der Waals surface area contributed by atoms with Crippen molar-refractivity contribution >= 4 is 5.97 Å². The average Bonchev–Trinajstić information content (AvgIpc) is 2.30. The van der Waals surface area contributed by atoms with E-state index < -0.39 is 11.5 Å². The van der Waals surface area contributed by atoms with E-state index in [0.717, 1.165) is 25.9 Å². The lowest BCUT2D eigenvalue weighted by Gasteiger charge is -2.27. The van der Waals surface area contributed by atoms with Crippen LogP contribution >= 0.6 is 0 Å². The Balaban J connectivity index is 2.25. The molecule has 0 aromatic heterocycles. The Morgan fingerprint density at radius 1 is 1.62 bits per heavy atom. The molecule has 1 aliphatic heterocycles. The Morgan fingerprint density at radius 3 is 2.88 bits per heavy atom. The molecule has 5 nitrogen and oxygen atoms in total. The molecule has 5 heteroatoms. The number of likely N-dealkylation sites (N-methyl/N-ethyl adjacent to an activating group) is 1. The number of carboxylic acid groups (broad SMARTS) is 1. The summed E-state index contributed by atoms with van der Waals surface area (Å²) in [4.78, 5) is 11.0. The van der Waals surface area contributed by atoms with E-state index in [4.69, 9.17) is 14.6 Å². The Bertz CT molecular complexity index is 228. The quantitative estimate of drug-likeness (QED) is 0.702. The summed E-state index contributed by atoms with van der Waals surface area (Å²) in [7, 11) is 1.62. The van der Waals surface area contributed by atoms with Crippen molar-refractivity contribution in [3.05, 3.63) is 0 Å². The number of hydrogen-bond acceptors (Lipinski definition) is 4. The highest BCUT2D eigenvalue weighted by atomic mass is 16.5. The van der Waals surface area contributed by atoms with Crippen LogP contribution in [0.25, 0.3) is 0 Å². The van der Waals surface area contributed by atoms with Crippen molar-refractivity contribution in [2.75, 3.05) is 26.9 Å². The van der Waals surface area contributed by atoms with Gasteiger partial charge in [0.2, 0.25) is 0 Å². The van der Waals surface area contributed by atoms with E-state index in [-0.39, 0.29) is 12.7 Å².